The van der Waals surface area contributed by atoms with Gasteiger partial charge in [-0.25, -0.2) is 0 Å². The van der Waals surface area contributed by atoms with Gasteiger partial charge in [-0.15, -0.1) is 0 Å². The number of amides is 4. The molecule has 4 amide bonds. The highest BCUT2D eigenvalue weighted by atomic mass is 16.2. The van der Waals surface area contributed by atoms with Crippen LogP contribution in [0.5, 0.6) is 0 Å². The van der Waals surface area contributed by atoms with Crippen LogP contribution in [0.15, 0.2) is 18.2 Å². The number of fused-ring (bicyclic) bond motifs is 2. The van der Waals surface area contributed by atoms with E-state index in [9.17, 15) is 19.2 Å². The molecule has 0 aromatic heterocycles. The molecule has 0 spiro atoms. The van der Waals surface area contributed by atoms with Gasteiger partial charge in [0, 0.05) is 31.6 Å². The van der Waals surface area contributed by atoms with Crippen molar-refractivity contribution in [2.45, 2.75) is 50.7 Å². The van der Waals surface area contributed by atoms with Crippen molar-refractivity contribution in [3.63, 3.8) is 0 Å². The molecule has 8 nitrogen and oxygen atoms in total. The van der Waals surface area contributed by atoms with Crippen LogP contribution in [0.2, 0.25) is 0 Å². The molecule has 1 unspecified atom stereocenters. The first kappa shape index (κ1) is 18.4. The Hall–Kier alpha value is -2.58. The third-order valence-electron chi connectivity index (χ3n) is 7.05. The highest BCUT2D eigenvalue weighted by Gasteiger charge is 2.61. The smallest absolute Gasteiger partial charge is 0.262 e. The first-order valence-corrected chi connectivity index (χ1v) is 10.1. The van der Waals surface area contributed by atoms with Crippen molar-refractivity contribution in [1.82, 2.24) is 15.1 Å². The average Bonchev–Trinajstić information content (AvgIpc) is 3.19. The predicted molar refractivity (Wildman–Crippen MR) is 103 cm³/mol. The van der Waals surface area contributed by atoms with Crippen LogP contribution in [-0.4, -0.2) is 58.1 Å². The van der Waals surface area contributed by atoms with E-state index in [-0.39, 0.29) is 29.7 Å². The van der Waals surface area contributed by atoms with E-state index in [4.69, 9.17) is 5.73 Å². The lowest BCUT2D eigenvalue weighted by Gasteiger charge is -2.46. The second kappa shape index (κ2) is 5.96. The molecular weight excluding hydrogens is 372 g/mol. The molecule has 8 heteroatoms. The summed E-state index contributed by atoms with van der Waals surface area (Å²) in [4.78, 5) is 53.3. The fourth-order valence-corrected chi connectivity index (χ4v) is 5.92. The van der Waals surface area contributed by atoms with Crippen LogP contribution >= 0.6 is 0 Å². The zero-order valence-electron chi connectivity index (χ0n) is 16.4. The van der Waals surface area contributed by atoms with Gasteiger partial charge >= 0.3 is 0 Å². The zero-order valence-corrected chi connectivity index (χ0v) is 16.4. The fourth-order valence-electron chi connectivity index (χ4n) is 5.92. The molecule has 4 heterocycles. The van der Waals surface area contributed by atoms with Gasteiger partial charge in [0.05, 0.1) is 11.1 Å². The van der Waals surface area contributed by atoms with Crippen LogP contribution in [0.4, 0.5) is 0 Å². The third kappa shape index (κ3) is 2.52. The van der Waals surface area contributed by atoms with Crippen molar-refractivity contribution in [2.75, 3.05) is 13.1 Å². The quantitative estimate of drug-likeness (QED) is 0.713. The van der Waals surface area contributed by atoms with E-state index in [0.29, 0.717) is 24.2 Å². The number of imide groups is 2. The number of piperidine rings is 1. The van der Waals surface area contributed by atoms with E-state index in [0.717, 1.165) is 29.8 Å². The molecule has 152 valence electrons. The van der Waals surface area contributed by atoms with E-state index in [2.05, 4.69) is 17.1 Å². The molecule has 3 N–H and O–H groups in total. The second-order valence-electron chi connectivity index (χ2n) is 9.24. The van der Waals surface area contributed by atoms with E-state index in [1.165, 1.54) is 0 Å². The molecule has 1 aliphatic carbocycles. The van der Waals surface area contributed by atoms with Gasteiger partial charge in [0.15, 0.2) is 0 Å². The van der Waals surface area contributed by atoms with Crippen molar-refractivity contribution in [1.29, 1.82) is 0 Å². The first-order chi connectivity index (χ1) is 13.8. The molecular formula is C21H24N4O4. The highest BCUT2D eigenvalue weighted by molar-refractivity contribution is 6.24. The normalized spacial score (nSPS) is 33.7. The van der Waals surface area contributed by atoms with E-state index >= 15 is 0 Å². The zero-order chi connectivity index (χ0) is 20.6. The van der Waals surface area contributed by atoms with Gasteiger partial charge in [0.2, 0.25) is 11.8 Å². The molecule has 1 saturated carbocycles. The molecule has 1 aromatic carbocycles. The number of carbonyl (C=O) groups is 4. The first-order valence-electron chi connectivity index (χ1n) is 10.1. The molecule has 2 bridgehead atoms. The summed E-state index contributed by atoms with van der Waals surface area (Å²) in [6, 6.07) is 4.35. The number of carbonyl (C=O) groups excluding carboxylic acids is 4. The summed E-state index contributed by atoms with van der Waals surface area (Å²) in [5.74, 6) is -1.88. The predicted octanol–water partition coefficient (Wildman–Crippen LogP) is 0.401. The van der Waals surface area contributed by atoms with Crippen LogP contribution in [0.1, 0.15) is 58.9 Å². The Morgan fingerprint density at radius 3 is 2.62 bits per heavy atom. The Kier molecular flexibility index (Phi) is 3.79. The Balaban J connectivity index is 1.45. The third-order valence-corrected chi connectivity index (χ3v) is 7.05. The average molecular weight is 396 g/mol. The lowest BCUT2D eigenvalue weighted by molar-refractivity contribution is -0.136. The minimum atomic E-state index is -0.943. The Bertz CT molecular complexity index is 965. The van der Waals surface area contributed by atoms with Crippen LogP contribution in [-0.2, 0) is 16.1 Å². The van der Waals surface area contributed by atoms with Gasteiger partial charge in [-0.1, -0.05) is 19.1 Å². The van der Waals surface area contributed by atoms with Crippen molar-refractivity contribution < 1.29 is 19.2 Å². The van der Waals surface area contributed by atoms with Gasteiger partial charge in [0.1, 0.15) is 6.04 Å². The van der Waals surface area contributed by atoms with Crippen LogP contribution < -0.4 is 11.1 Å². The van der Waals surface area contributed by atoms with E-state index in [1.807, 2.05) is 6.07 Å². The minimum absolute atomic E-state index is 0.0214. The molecule has 5 aliphatic rings. The summed E-state index contributed by atoms with van der Waals surface area (Å²) in [6.07, 6.45) is 2.38. The van der Waals surface area contributed by atoms with Crippen molar-refractivity contribution >= 4 is 23.6 Å². The van der Waals surface area contributed by atoms with Gasteiger partial charge in [-0.2, -0.15) is 0 Å². The Labute approximate surface area is 168 Å². The largest absolute Gasteiger partial charge is 0.329 e. The summed E-state index contributed by atoms with van der Waals surface area (Å²) in [5, 5.41) is 2.23. The van der Waals surface area contributed by atoms with Crippen LogP contribution in [0, 0.1) is 5.41 Å². The maximum Gasteiger partial charge on any atom is 0.262 e. The lowest BCUT2D eigenvalue weighted by Crippen LogP contribution is -2.54. The van der Waals surface area contributed by atoms with Crippen molar-refractivity contribution in [2.24, 2.45) is 11.1 Å². The van der Waals surface area contributed by atoms with Gasteiger partial charge in [0.25, 0.3) is 11.8 Å². The van der Waals surface area contributed by atoms with E-state index < -0.39 is 23.8 Å². The molecule has 1 atom stereocenters. The lowest BCUT2D eigenvalue weighted by atomic mass is 9.63. The summed E-state index contributed by atoms with van der Waals surface area (Å²) in [7, 11) is 0. The SMILES string of the molecule is CC12CN(Cc3cccc4c3C(=O)N(C3CCC(=O)NC3=O)C4=O)C(CN)(C1)C2. The standard InChI is InChI=1S/C21H24N4O4/c1-20-8-21(9-20,10-22)24(11-20)7-12-3-2-4-13-16(12)19(29)25(18(13)28)14-5-6-15(26)23-17(14)27/h2-4,14H,5-11,22H2,1H3,(H,23,26,27). The monoisotopic (exact) mass is 396 g/mol. The number of hydrogen-bond acceptors (Lipinski definition) is 6. The maximum absolute atomic E-state index is 13.2. The second-order valence-corrected chi connectivity index (χ2v) is 9.24. The maximum atomic E-state index is 13.2. The Morgan fingerprint density at radius 1 is 1.17 bits per heavy atom. The van der Waals surface area contributed by atoms with Gasteiger partial charge in [-0.05, 0) is 36.3 Å². The van der Waals surface area contributed by atoms with E-state index in [1.54, 1.807) is 12.1 Å². The summed E-state index contributed by atoms with van der Waals surface area (Å²) >= 11 is 0. The van der Waals surface area contributed by atoms with Crippen molar-refractivity contribution in [3.8, 4) is 0 Å². The van der Waals surface area contributed by atoms with Crippen LogP contribution in [0.25, 0.3) is 0 Å². The van der Waals surface area contributed by atoms with Gasteiger partial charge < -0.3 is 5.73 Å². The summed E-state index contributed by atoms with van der Waals surface area (Å²) in [5.41, 5.74) is 7.83. The number of nitrogens with zero attached hydrogens (tertiary/aromatic N) is 2. The number of rotatable bonds is 4. The number of hydrogen-bond donors (Lipinski definition) is 2. The molecule has 29 heavy (non-hydrogen) atoms. The number of benzene rings is 1. The summed E-state index contributed by atoms with van der Waals surface area (Å²) in [6.45, 7) is 4.31. The Morgan fingerprint density at radius 2 is 1.93 bits per heavy atom. The fraction of sp³-hybridized carbons (Fsp3) is 0.524. The topological polar surface area (TPSA) is 113 Å². The molecule has 3 saturated heterocycles. The molecule has 4 aliphatic heterocycles. The van der Waals surface area contributed by atoms with Crippen molar-refractivity contribution in [3.05, 3.63) is 34.9 Å². The molecule has 1 aromatic rings. The van der Waals surface area contributed by atoms with Crippen LogP contribution in [0.3, 0.4) is 0 Å². The summed E-state index contributed by atoms with van der Waals surface area (Å²) < 4.78 is 0. The van der Waals surface area contributed by atoms with Gasteiger partial charge in [-0.3, -0.25) is 34.3 Å². The number of nitrogens with one attached hydrogen (secondary N) is 1. The molecule has 4 fully saturated rings. The number of nitrogens with two attached hydrogens (primary N) is 1. The molecule has 6 rings (SSSR count). The highest BCUT2D eigenvalue weighted by Crippen LogP contribution is 2.59. The minimum Gasteiger partial charge on any atom is -0.329 e. The molecule has 0 radical (unpaired) electrons.